The van der Waals surface area contributed by atoms with E-state index in [1.807, 2.05) is 30.3 Å². The maximum Gasteiger partial charge on any atom is 0.263 e. The Bertz CT molecular complexity index is 307. The van der Waals surface area contributed by atoms with E-state index < -0.39 is 8.32 Å². The molecular weight excluding hydrogens is 268 g/mol. The van der Waals surface area contributed by atoms with E-state index in [0.29, 0.717) is 0 Å². The second-order valence-electron chi connectivity index (χ2n) is 5.03. The lowest BCUT2D eigenvalue weighted by atomic mass is 10.2. The van der Waals surface area contributed by atoms with E-state index in [-0.39, 0.29) is 5.04 Å². The Hall–Kier alpha value is -0.283. The fourth-order valence-corrected chi connectivity index (χ4v) is 5.41. The number of halogens is 1. The molecule has 0 N–H and O–H groups in total. The van der Waals surface area contributed by atoms with Gasteiger partial charge < -0.3 is 4.43 Å². The maximum atomic E-state index is 6.21. The summed E-state index contributed by atoms with van der Waals surface area (Å²) < 4.78 is 6.21. The number of benzene rings is 1. The molecule has 0 aliphatic rings. The lowest BCUT2D eigenvalue weighted by Crippen LogP contribution is -2.49. The molecule has 0 aromatic heterocycles. The highest BCUT2D eigenvalue weighted by Gasteiger charge is 2.42. The molecule has 1 aromatic rings. The molecule has 1 atom stereocenters. The molecular formula is C12H19BrOSi. The van der Waals surface area contributed by atoms with Crippen molar-refractivity contribution in [1.82, 2.24) is 0 Å². The maximum absolute atomic E-state index is 6.21. The molecule has 1 unspecified atom stereocenters. The van der Waals surface area contributed by atoms with Crippen molar-refractivity contribution in [2.75, 3.05) is 4.95 Å². The van der Waals surface area contributed by atoms with Crippen LogP contribution in [0.5, 0.6) is 5.75 Å². The van der Waals surface area contributed by atoms with Crippen LogP contribution in [0.25, 0.3) is 0 Å². The summed E-state index contributed by atoms with van der Waals surface area (Å²) in [7, 11) is -1.75. The summed E-state index contributed by atoms with van der Waals surface area (Å²) in [6, 6.07) is 10.1. The van der Waals surface area contributed by atoms with E-state index in [1.54, 1.807) is 0 Å². The molecule has 0 fully saturated rings. The molecule has 15 heavy (non-hydrogen) atoms. The second kappa shape index (κ2) is 4.70. The Morgan fingerprint density at radius 3 is 2.13 bits per heavy atom. The van der Waals surface area contributed by atoms with Crippen LogP contribution in [0.15, 0.2) is 30.3 Å². The predicted molar refractivity (Wildman–Crippen MR) is 72.2 cm³/mol. The third-order valence-corrected chi connectivity index (χ3v) is 10.5. The van der Waals surface area contributed by atoms with Crippen LogP contribution in [0.4, 0.5) is 0 Å². The smallest absolute Gasteiger partial charge is 0.263 e. The van der Waals surface area contributed by atoms with Crippen molar-refractivity contribution in [2.24, 2.45) is 0 Å². The van der Waals surface area contributed by atoms with Crippen molar-refractivity contribution in [3.05, 3.63) is 30.3 Å². The quantitative estimate of drug-likeness (QED) is 0.592. The van der Waals surface area contributed by atoms with Crippen LogP contribution in [0.1, 0.15) is 20.8 Å². The van der Waals surface area contributed by atoms with Gasteiger partial charge in [-0.1, -0.05) is 54.9 Å². The number of alkyl halides is 1. The first kappa shape index (κ1) is 12.8. The summed E-state index contributed by atoms with van der Waals surface area (Å²) in [5.74, 6) is 0.987. The van der Waals surface area contributed by atoms with Crippen LogP contribution in [0.2, 0.25) is 11.6 Å². The molecule has 3 heteroatoms. The standard InChI is InChI=1S/C12H19BrOSi/c1-12(2,3)15(4,10-13)14-11-8-6-5-7-9-11/h5-9H,10H2,1-4H3. The lowest BCUT2D eigenvalue weighted by molar-refractivity contribution is 0.491. The largest absolute Gasteiger partial charge is 0.542 e. The molecule has 0 saturated heterocycles. The van der Waals surface area contributed by atoms with Crippen molar-refractivity contribution in [3.63, 3.8) is 0 Å². The van der Waals surface area contributed by atoms with Crippen molar-refractivity contribution in [1.29, 1.82) is 0 Å². The number of rotatable bonds is 3. The monoisotopic (exact) mass is 286 g/mol. The number of hydrogen-bond donors (Lipinski definition) is 0. The molecule has 84 valence electrons. The molecule has 0 aliphatic carbocycles. The minimum absolute atomic E-state index is 0.229. The second-order valence-corrected chi connectivity index (χ2v) is 11.1. The van der Waals surface area contributed by atoms with E-state index in [2.05, 4.69) is 43.2 Å². The SMILES string of the molecule is CC(C)(C)[Si](C)(CBr)Oc1ccccc1. The predicted octanol–water partition coefficient (Wildman–Crippen LogP) is 4.37. The highest BCUT2D eigenvalue weighted by atomic mass is 79.9. The Morgan fingerprint density at radius 2 is 1.73 bits per heavy atom. The fraction of sp³-hybridized carbons (Fsp3) is 0.500. The molecule has 1 rings (SSSR count). The molecule has 0 heterocycles. The van der Waals surface area contributed by atoms with Crippen molar-refractivity contribution >= 4 is 24.2 Å². The summed E-state index contributed by atoms with van der Waals surface area (Å²) in [4.78, 5) is 0.957. The third kappa shape index (κ3) is 3.08. The Morgan fingerprint density at radius 1 is 1.20 bits per heavy atom. The van der Waals surface area contributed by atoms with E-state index in [0.717, 1.165) is 10.7 Å². The zero-order valence-corrected chi connectivity index (χ0v) is 12.5. The first-order valence-electron chi connectivity index (χ1n) is 5.19. The highest BCUT2D eigenvalue weighted by molar-refractivity contribution is 9.09. The van der Waals surface area contributed by atoms with Gasteiger partial charge in [0.15, 0.2) is 0 Å². The summed E-state index contributed by atoms with van der Waals surface area (Å²) in [5.41, 5.74) is 0. The van der Waals surface area contributed by atoms with Crippen LogP contribution in [-0.2, 0) is 0 Å². The Kier molecular flexibility index (Phi) is 4.01. The minimum atomic E-state index is -1.75. The topological polar surface area (TPSA) is 9.23 Å². The first-order chi connectivity index (χ1) is 6.89. The van der Waals surface area contributed by atoms with Crippen LogP contribution >= 0.6 is 15.9 Å². The van der Waals surface area contributed by atoms with Gasteiger partial charge in [0.25, 0.3) is 8.32 Å². The van der Waals surface area contributed by atoms with Gasteiger partial charge in [0, 0.05) is 4.95 Å². The molecule has 0 saturated carbocycles. The van der Waals surface area contributed by atoms with Gasteiger partial charge in [0.2, 0.25) is 0 Å². The van der Waals surface area contributed by atoms with Gasteiger partial charge in [0.05, 0.1) is 0 Å². The van der Waals surface area contributed by atoms with E-state index in [4.69, 9.17) is 4.43 Å². The highest BCUT2D eigenvalue weighted by Crippen LogP contribution is 2.38. The molecule has 0 bridgehead atoms. The van der Waals surface area contributed by atoms with Crippen molar-refractivity contribution in [2.45, 2.75) is 32.4 Å². The van der Waals surface area contributed by atoms with Gasteiger partial charge in [-0.15, -0.1) is 0 Å². The van der Waals surface area contributed by atoms with Crippen LogP contribution in [0, 0.1) is 0 Å². The third-order valence-electron chi connectivity index (χ3n) is 2.93. The molecule has 0 radical (unpaired) electrons. The number of hydrogen-bond acceptors (Lipinski definition) is 1. The zero-order chi connectivity index (χ0) is 11.5. The molecule has 1 nitrogen and oxygen atoms in total. The van der Waals surface area contributed by atoms with Crippen LogP contribution in [0.3, 0.4) is 0 Å². The average molecular weight is 287 g/mol. The summed E-state index contributed by atoms with van der Waals surface area (Å²) in [6.45, 7) is 9.03. The fourth-order valence-electron chi connectivity index (χ4n) is 1.13. The summed E-state index contributed by atoms with van der Waals surface area (Å²) in [5, 5.41) is 0.229. The Balaban J connectivity index is 2.87. The molecule has 0 spiro atoms. The molecule has 0 aliphatic heterocycles. The average Bonchev–Trinajstić information content (AvgIpc) is 2.17. The van der Waals surface area contributed by atoms with Gasteiger partial charge in [-0.25, -0.2) is 0 Å². The molecule has 0 amide bonds. The summed E-state index contributed by atoms with van der Waals surface area (Å²) in [6.07, 6.45) is 0. The van der Waals surface area contributed by atoms with Crippen molar-refractivity contribution < 1.29 is 4.43 Å². The normalized spacial score (nSPS) is 15.8. The zero-order valence-electron chi connectivity index (χ0n) is 9.88. The van der Waals surface area contributed by atoms with Crippen LogP contribution < -0.4 is 4.43 Å². The van der Waals surface area contributed by atoms with Gasteiger partial charge in [0.1, 0.15) is 5.75 Å². The lowest BCUT2D eigenvalue weighted by Gasteiger charge is -2.38. The van der Waals surface area contributed by atoms with Gasteiger partial charge in [-0.2, -0.15) is 0 Å². The van der Waals surface area contributed by atoms with Crippen molar-refractivity contribution in [3.8, 4) is 5.75 Å². The van der Waals surface area contributed by atoms with E-state index >= 15 is 0 Å². The van der Waals surface area contributed by atoms with Gasteiger partial charge in [-0.05, 0) is 23.7 Å². The van der Waals surface area contributed by atoms with E-state index in [9.17, 15) is 0 Å². The Labute approximate surface area is 102 Å². The van der Waals surface area contributed by atoms with E-state index in [1.165, 1.54) is 0 Å². The van der Waals surface area contributed by atoms with Gasteiger partial charge >= 0.3 is 0 Å². The van der Waals surface area contributed by atoms with Crippen LogP contribution in [-0.4, -0.2) is 13.3 Å². The minimum Gasteiger partial charge on any atom is -0.542 e. The summed E-state index contributed by atoms with van der Waals surface area (Å²) >= 11 is 3.60. The number of para-hydroxylation sites is 1. The first-order valence-corrected chi connectivity index (χ1v) is 8.93. The van der Waals surface area contributed by atoms with Gasteiger partial charge in [-0.3, -0.25) is 0 Å². The molecule has 1 aromatic carbocycles.